The molecule has 0 amide bonds. The predicted octanol–water partition coefficient (Wildman–Crippen LogP) is -0.399. The van der Waals surface area contributed by atoms with Crippen molar-refractivity contribution in [2.75, 3.05) is 12.8 Å². The van der Waals surface area contributed by atoms with E-state index >= 15 is 0 Å². The van der Waals surface area contributed by atoms with Gasteiger partial charge in [-0.25, -0.2) is 8.42 Å². The summed E-state index contributed by atoms with van der Waals surface area (Å²) < 4.78 is 37.8. The van der Waals surface area contributed by atoms with E-state index < -0.39 is 10.1 Å². The van der Waals surface area contributed by atoms with Gasteiger partial charge in [-0.1, -0.05) is 6.07 Å². The zero-order chi connectivity index (χ0) is 15.5. The molecule has 7 nitrogen and oxygen atoms in total. The SMILES string of the molecule is COc1cc(N=Nc2cccc(S(=O)(=O)[O-])c2)ccc1N.[Na+]. The first-order valence-electron chi connectivity index (χ1n) is 5.81. The van der Waals surface area contributed by atoms with E-state index in [0.717, 1.165) is 6.07 Å². The average Bonchev–Trinajstić information content (AvgIpc) is 2.46. The average molecular weight is 329 g/mol. The van der Waals surface area contributed by atoms with Crippen LogP contribution >= 0.6 is 0 Å². The Labute approximate surface area is 150 Å². The van der Waals surface area contributed by atoms with Crippen LogP contribution in [0.25, 0.3) is 0 Å². The molecule has 22 heavy (non-hydrogen) atoms. The number of azo groups is 1. The Morgan fingerprint density at radius 2 is 1.73 bits per heavy atom. The molecule has 0 radical (unpaired) electrons. The summed E-state index contributed by atoms with van der Waals surface area (Å²) in [5.41, 5.74) is 6.88. The van der Waals surface area contributed by atoms with Crippen molar-refractivity contribution in [2.24, 2.45) is 10.2 Å². The number of methoxy groups -OCH3 is 1. The van der Waals surface area contributed by atoms with Crippen molar-refractivity contribution in [3.05, 3.63) is 42.5 Å². The monoisotopic (exact) mass is 329 g/mol. The van der Waals surface area contributed by atoms with Crippen molar-refractivity contribution in [3.63, 3.8) is 0 Å². The van der Waals surface area contributed by atoms with E-state index in [1.807, 2.05) is 0 Å². The van der Waals surface area contributed by atoms with Crippen molar-refractivity contribution in [3.8, 4) is 5.75 Å². The molecule has 2 aromatic rings. The van der Waals surface area contributed by atoms with Gasteiger partial charge in [-0.2, -0.15) is 10.2 Å². The summed E-state index contributed by atoms with van der Waals surface area (Å²) in [6.45, 7) is 0. The molecule has 0 saturated carbocycles. The Bertz CT molecular complexity index is 794. The number of nitrogens with zero attached hydrogens (tertiary/aromatic N) is 2. The minimum atomic E-state index is -4.51. The molecule has 0 unspecified atom stereocenters. The van der Waals surface area contributed by atoms with Gasteiger partial charge in [0.1, 0.15) is 15.9 Å². The number of rotatable bonds is 4. The number of hydrogen-bond acceptors (Lipinski definition) is 7. The molecule has 0 heterocycles. The molecule has 0 aromatic heterocycles. The Hall–Kier alpha value is -1.45. The van der Waals surface area contributed by atoms with Crippen LogP contribution in [0, 0.1) is 0 Å². The first kappa shape index (κ1) is 18.6. The molecule has 2 N–H and O–H groups in total. The second-order valence-corrected chi connectivity index (χ2v) is 5.46. The van der Waals surface area contributed by atoms with Gasteiger partial charge in [0, 0.05) is 6.07 Å². The quantitative estimate of drug-likeness (QED) is 0.354. The molecular formula is C13H12N3NaO4S. The van der Waals surface area contributed by atoms with Crippen molar-refractivity contribution < 1.29 is 47.3 Å². The summed E-state index contributed by atoms with van der Waals surface area (Å²) in [5, 5.41) is 7.82. The van der Waals surface area contributed by atoms with Crippen molar-refractivity contribution in [2.45, 2.75) is 4.90 Å². The number of nitrogen functional groups attached to an aromatic ring is 1. The van der Waals surface area contributed by atoms with E-state index in [1.54, 1.807) is 18.2 Å². The van der Waals surface area contributed by atoms with Crippen LogP contribution in [0.5, 0.6) is 5.75 Å². The maximum atomic E-state index is 10.9. The Morgan fingerprint density at radius 3 is 2.32 bits per heavy atom. The van der Waals surface area contributed by atoms with E-state index in [-0.39, 0.29) is 40.1 Å². The molecule has 110 valence electrons. The normalized spacial score (nSPS) is 11.2. The molecule has 0 atom stereocenters. The molecule has 0 fully saturated rings. The smallest absolute Gasteiger partial charge is 0.744 e. The van der Waals surface area contributed by atoms with Crippen LogP contribution in [0.2, 0.25) is 0 Å². The summed E-state index contributed by atoms with van der Waals surface area (Å²) in [4.78, 5) is -0.353. The predicted molar refractivity (Wildman–Crippen MR) is 76.0 cm³/mol. The molecule has 0 aliphatic heterocycles. The molecule has 0 bridgehead atoms. The number of hydrogen-bond donors (Lipinski definition) is 1. The van der Waals surface area contributed by atoms with Gasteiger partial charge in [0.25, 0.3) is 0 Å². The fraction of sp³-hybridized carbons (Fsp3) is 0.0769. The topological polar surface area (TPSA) is 117 Å². The van der Waals surface area contributed by atoms with Crippen LogP contribution in [0.3, 0.4) is 0 Å². The third-order valence-electron chi connectivity index (χ3n) is 2.60. The summed E-state index contributed by atoms with van der Waals surface area (Å²) in [5.74, 6) is 0.460. The summed E-state index contributed by atoms with van der Waals surface area (Å²) in [6, 6.07) is 10.2. The molecule has 0 aliphatic carbocycles. The molecular weight excluding hydrogens is 317 g/mol. The summed E-state index contributed by atoms with van der Waals surface area (Å²) >= 11 is 0. The third kappa shape index (κ3) is 4.79. The second-order valence-electron chi connectivity index (χ2n) is 4.08. The summed E-state index contributed by atoms with van der Waals surface area (Å²) in [7, 11) is -3.03. The van der Waals surface area contributed by atoms with Crippen molar-refractivity contribution in [1.29, 1.82) is 0 Å². The van der Waals surface area contributed by atoms with E-state index in [9.17, 15) is 13.0 Å². The first-order valence-corrected chi connectivity index (χ1v) is 7.22. The van der Waals surface area contributed by atoms with E-state index in [0.29, 0.717) is 17.1 Å². The maximum absolute atomic E-state index is 10.9. The van der Waals surface area contributed by atoms with Crippen LogP contribution < -0.4 is 40.0 Å². The number of nitrogens with two attached hydrogens (primary N) is 1. The first-order chi connectivity index (χ1) is 9.90. The molecule has 2 rings (SSSR count). The van der Waals surface area contributed by atoms with Gasteiger partial charge in [0.05, 0.1) is 29.1 Å². The van der Waals surface area contributed by atoms with Gasteiger partial charge in [-0.15, -0.1) is 0 Å². The van der Waals surface area contributed by atoms with Gasteiger partial charge >= 0.3 is 29.6 Å². The van der Waals surface area contributed by atoms with Crippen LogP contribution in [-0.4, -0.2) is 20.1 Å². The minimum absolute atomic E-state index is 0. The fourth-order valence-corrected chi connectivity index (χ4v) is 2.09. The van der Waals surface area contributed by atoms with Gasteiger partial charge in [0.15, 0.2) is 0 Å². The fourth-order valence-electron chi connectivity index (χ4n) is 1.58. The van der Waals surface area contributed by atoms with E-state index in [2.05, 4.69) is 10.2 Å². The Balaban J connectivity index is 0.00000242. The Kier molecular flexibility index (Phi) is 6.51. The third-order valence-corrected chi connectivity index (χ3v) is 3.44. The zero-order valence-corrected chi connectivity index (χ0v) is 14.9. The van der Waals surface area contributed by atoms with Crippen LogP contribution in [0.1, 0.15) is 0 Å². The molecule has 2 aromatic carbocycles. The van der Waals surface area contributed by atoms with Crippen molar-refractivity contribution >= 4 is 27.2 Å². The number of anilines is 1. The van der Waals surface area contributed by atoms with Gasteiger partial charge in [0.2, 0.25) is 0 Å². The van der Waals surface area contributed by atoms with Crippen LogP contribution in [0.4, 0.5) is 17.1 Å². The molecule has 0 spiro atoms. The van der Waals surface area contributed by atoms with Crippen LogP contribution in [-0.2, 0) is 10.1 Å². The number of benzene rings is 2. The minimum Gasteiger partial charge on any atom is -0.744 e. The number of ether oxygens (including phenoxy) is 1. The summed E-state index contributed by atoms with van der Waals surface area (Å²) in [6.07, 6.45) is 0. The second kappa shape index (κ2) is 7.70. The molecule has 9 heteroatoms. The van der Waals surface area contributed by atoms with Gasteiger partial charge in [-0.05, 0) is 30.3 Å². The molecule has 0 saturated heterocycles. The molecule has 0 aliphatic rings. The van der Waals surface area contributed by atoms with Gasteiger partial charge < -0.3 is 15.0 Å². The van der Waals surface area contributed by atoms with Crippen LogP contribution in [0.15, 0.2) is 57.6 Å². The van der Waals surface area contributed by atoms with E-state index in [1.165, 1.54) is 25.3 Å². The van der Waals surface area contributed by atoms with E-state index in [4.69, 9.17) is 10.5 Å². The van der Waals surface area contributed by atoms with Crippen molar-refractivity contribution in [1.82, 2.24) is 0 Å². The zero-order valence-electron chi connectivity index (χ0n) is 12.1. The largest absolute Gasteiger partial charge is 1.00 e. The standard InChI is InChI=1S/C13H13N3O4S.Na/c1-20-13-8-10(5-6-12(13)14)16-15-9-3-2-4-11(7-9)21(17,18)19;/h2-8H,14H2,1H3,(H,17,18,19);/q;+1/p-1. The Morgan fingerprint density at radius 1 is 1.09 bits per heavy atom. The maximum Gasteiger partial charge on any atom is 1.00 e. The van der Waals surface area contributed by atoms with Gasteiger partial charge in [-0.3, -0.25) is 0 Å².